The maximum absolute atomic E-state index is 13.7. The van der Waals surface area contributed by atoms with E-state index in [2.05, 4.69) is 35.1 Å². The molecule has 0 fully saturated rings. The van der Waals surface area contributed by atoms with Crippen molar-refractivity contribution in [2.24, 2.45) is 5.92 Å². The van der Waals surface area contributed by atoms with Gasteiger partial charge >= 0.3 is 0 Å². The average Bonchev–Trinajstić information content (AvgIpc) is 2.80. The van der Waals surface area contributed by atoms with Crippen molar-refractivity contribution in [3.8, 4) is 0 Å². The van der Waals surface area contributed by atoms with Crippen LogP contribution >= 0.6 is 15.9 Å². The van der Waals surface area contributed by atoms with Gasteiger partial charge in [-0.1, -0.05) is 102 Å². The molecule has 3 aromatic carbocycles. The molecular formula is C29H33BrN2O2. The third-order valence-electron chi connectivity index (χ3n) is 5.64. The number of nitrogens with zero attached hydrogens (tertiary/aromatic N) is 1. The number of carbonyl (C=O) groups excluding carboxylic acids is 2. The van der Waals surface area contributed by atoms with E-state index in [1.54, 1.807) is 4.90 Å². The Balaban J connectivity index is 1.96. The van der Waals surface area contributed by atoms with Crippen molar-refractivity contribution in [2.75, 3.05) is 6.54 Å². The molecule has 2 amide bonds. The maximum Gasteiger partial charge on any atom is 0.243 e. The van der Waals surface area contributed by atoms with Gasteiger partial charge < -0.3 is 10.2 Å². The normalized spacial score (nSPS) is 11.8. The standard InChI is InChI=1S/C29H33BrN2O2/c1-21(2)19-31-29(34)27(17-23-10-5-4-6-11-23)32(20-25-13-8-14-26(30)16-25)28(33)18-24-12-7-9-22(3)15-24/h4-16,21,27H,17-20H2,1-3H3,(H,31,34)/t27-/m0/s1. The van der Waals surface area contributed by atoms with Gasteiger partial charge in [-0.2, -0.15) is 0 Å². The van der Waals surface area contributed by atoms with Crippen LogP contribution in [-0.2, 0) is 29.0 Å². The summed E-state index contributed by atoms with van der Waals surface area (Å²) in [5, 5.41) is 3.07. The van der Waals surface area contributed by atoms with Gasteiger partial charge in [-0.3, -0.25) is 9.59 Å². The highest BCUT2D eigenvalue weighted by atomic mass is 79.9. The molecule has 3 rings (SSSR count). The fourth-order valence-electron chi connectivity index (χ4n) is 3.91. The lowest BCUT2D eigenvalue weighted by Gasteiger charge is -2.32. The van der Waals surface area contributed by atoms with Gasteiger partial charge in [0.05, 0.1) is 6.42 Å². The highest BCUT2D eigenvalue weighted by molar-refractivity contribution is 9.10. The number of carbonyl (C=O) groups is 2. The van der Waals surface area contributed by atoms with E-state index in [9.17, 15) is 9.59 Å². The van der Waals surface area contributed by atoms with Crippen LogP contribution in [0.25, 0.3) is 0 Å². The molecule has 0 aliphatic heterocycles. The average molecular weight is 521 g/mol. The molecule has 0 saturated heterocycles. The van der Waals surface area contributed by atoms with Crippen molar-refractivity contribution < 1.29 is 9.59 Å². The molecule has 0 aliphatic carbocycles. The van der Waals surface area contributed by atoms with Crippen LogP contribution < -0.4 is 5.32 Å². The number of rotatable bonds is 10. The van der Waals surface area contributed by atoms with Gasteiger partial charge in [0, 0.05) is 24.0 Å². The zero-order valence-corrected chi connectivity index (χ0v) is 21.7. The topological polar surface area (TPSA) is 49.4 Å². The maximum atomic E-state index is 13.7. The van der Waals surface area contributed by atoms with E-state index < -0.39 is 6.04 Å². The van der Waals surface area contributed by atoms with Crippen molar-refractivity contribution in [1.29, 1.82) is 0 Å². The van der Waals surface area contributed by atoms with Crippen molar-refractivity contribution >= 4 is 27.7 Å². The lowest BCUT2D eigenvalue weighted by Crippen LogP contribution is -2.51. The largest absolute Gasteiger partial charge is 0.354 e. The van der Waals surface area contributed by atoms with Gasteiger partial charge in [-0.15, -0.1) is 0 Å². The zero-order valence-electron chi connectivity index (χ0n) is 20.1. The van der Waals surface area contributed by atoms with Gasteiger partial charge in [0.25, 0.3) is 0 Å². The Morgan fingerprint density at radius 3 is 2.24 bits per heavy atom. The van der Waals surface area contributed by atoms with Crippen LogP contribution in [-0.4, -0.2) is 29.3 Å². The molecule has 0 saturated carbocycles. The molecule has 34 heavy (non-hydrogen) atoms. The third kappa shape index (κ3) is 7.84. The monoisotopic (exact) mass is 520 g/mol. The Hall–Kier alpha value is -2.92. The number of benzene rings is 3. The molecule has 1 N–H and O–H groups in total. The molecule has 0 aromatic heterocycles. The predicted octanol–water partition coefficient (Wildman–Crippen LogP) is 5.71. The summed E-state index contributed by atoms with van der Waals surface area (Å²) in [6.45, 7) is 7.08. The van der Waals surface area contributed by atoms with Crippen molar-refractivity contribution in [2.45, 2.75) is 46.2 Å². The van der Waals surface area contributed by atoms with Crippen LogP contribution in [0.1, 0.15) is 36.1 Å². The first-order valence-corrected chi connectivity index (χ1v) is 12.5. The molecular weight excluding hydrogens is 488 g/mol. The van der Waals surface area contributed by atoms with Crippen LogP contribution in [0.3, 0.4) is 0 Å². The molecule has 0 aliphatic rings. The molecule has 3 aromatic rings. The quantitative estimate of drug-likeness (QED) is 0.372. The summed E-state index contributed by atoms with van der Waals surface area (Å²) in [4.78, 5) is 28.9. The molecule has 0 heterocycles. The minimum absolute atomic E-state index is 0.0637. The minimum atomic E-state index is -0.613. The number of hydrogen-bond donors (Lipinski definition) is 1. The van der Waals surface area contributed by atoms with E-state index in [-0.39, 0.29) is 18.2 Å². The van der Waals surface area contributed by atoms with E-state index >= 15 is 0 Å². The lowest BCUT2D eigenvalue weighted by molar-refractivity contribution is -0.140. The summed E-state index contributed by atoms with van der Waals surface area (Å²) in [5.74, 6) is 0.138. The van der Waals surface area contributed by atoms with Gasteiger partial charge in [-0.05, 0) is 41.7 Å². The molecule has 178 valence electrons. The molecule has 5 heteroatoms. The number of aryl methyl sites for hydroxylation is 1. The van der Waals surface area contributed by atoms with E-state index in [0.717, 1.165) is 26.7 Å². The van der Waals surface area contributed by atoms with Gasteiger partial charge in [-0.25, -0.2) is 0 Å². The number of hydrogen-bond acceptors (Lipinski definition) is 2. The highest BCUT2D eigenvalue weighted by Crippen LogP contribution is 2.19. The summed E-state index contributed by atoms with van der Waals surface area (Å²) in [5.41, 5.74) is 4.06. The van der Waals surface area contributed by atoms with E-state index in [0.29, 0.717) is 25.4 Å². The summed E-state index contributed by atoms with van der Waals surface area (Å²) < 4.78 is 0.944. The Morgan fingerprint density at radius 2 is 1.56 bits per heavy atom. The number of nitrogens with one attached hydrogen (secondary N) is 1. The molecule has 1 atom stereocenters. The summed E-state index contributed by atoms with van der Waals surface area (Å²) in [6, 6.07) is 25.2. The number of halogens is 1. The first-order chi connectivity index (χ1) is 16.3. The van der Waals surface area contributed by atoms with Crippen LogP contribution in [0.2, 0.25) is 0 Å². The fourth-order valence-corrected chi connectivity index (χ4v) is 4.35. The van der Waals surface area contributed by atoms with Gasteiger partial charge in [0.2, 0.25) is 11.8 Å². The molecule has 0 spiro atoms. The van der Waals surface area contributed by atoms with E-state index in [4.69, 9.17) is 0 Å². The fraction of sp³-hybridized carbons (Fsp3) is 0.310. The van der Waals surface area contributed by atoms with Crippen molar-refractivity contribution in [3.63, 3.8) is 0 Å². The molecule has 0 radical (unpaired) electrons. The van der Waals surface area contributed by atoms with Gasteiger partial charge in [0.15, 0.2) is 0 Å². The van der Waals surface area contributed by atoms with Crippen LogP contribution in [0.15, 0.2) is 83.3 Å². The highest BCUT2D eigenvalue weighted by Gasteiger charge is 2.30. The van der Waals surface area contributed by atoms with Crippen molar-refractivity contribution in [3.05, 3.63) is 106 Å². The summed E-state index contributed by atoms with van der Waals surface area (Å²) >= 11 is 3.53. The predicted molar refractivity (Wildman–Crippen MR) is 141 cm³/mol. The first kappa shape index (κ1) is 25.7. The Labute approximate surface area is 211 Å². The summed E-state index contributed by atoms with van der Waals surface area (Å²) in [7, 11) is 0. The van der Waals surface area contributed by atoms with Crippen LogP contribution in [0, 0.1) is 12.8 Å². The molecule has 0 unspecified atom stereocenters. The third-order valence-corrected chi connectivity index (χ3v) is 6.13. The first-order valence-electron chi connectivity index (χ1n) is 11.7. The second kappa shape index (κ2) is 12.5. The Bertz CT molecular complexity index is 1100. The SMILES string of the molecule is Cc1cccc(CC(=O)N(Cc2cccc(Br)c2)[C@@H](Cc2ccccc2)C(=O)NCC(C)C)c1. The zero-order chi connectivity index (χ0) is 24.5. The number of amides is 2. The second-order valence-corrected chi connectivity index (χ2v) is 10.1. The Kier molecular flexibility index (Phi) is 9.46. The minimum Gasteiger partial charge on any atom is -0.354 e. The Morgan fingerprint density at radius 1 is 0.882 bits per heavy atom. The lowest BCUT2D eigenvalue weighted by atomic mass is 10.0. The van der Waals surface area contributed by atoms with Crippen LogP contribution in [0.4, 0.5) is 0 Å². The van der Waals surface area contributed by atoms with Crippen molar-refractivity contribution in [1.82, 2.24) is 10.2 Å². The van der Waals surface area contributed by atoms with E-state index in [1.165, 1.54) is 0 Å². The molecule has 0 bridgehead atoms. The summed E-state index contributed by atoms with van der Waals surface area (Å²) in [6.07, 6.45) is 0.705. The smallest absolute Gasteiger partial charge is 0.243 e. The molecule has 4 nitrogen and oxygen atoms in total. The van der Waals surface area contributed by atoms with E-state index in [1.807, 2.05) is 85.8 Å². The van der Waals surface area contributed by atoms with Crippen LogP contribution in [0.5, 0.6) is 0 Å². The van der Waals surface area contributed by atoms with Gasteiger partial charge in [0.1, 0.15) is 6.04 Å². The second-order valence-electron chi connectivity index (χ2n) is 9.16.